The zero-order valence-corrected chi connectivity index (χ0v) is 40.8. The minimum Gasteiger partial charge on any atom is -0.355 e. The van der Waals surface area contributed by atoms with Gasteiger partial charge >= 0.3 is 0 Å². The fourth-order valence-electron chi connectivity index (χ4n) is 11.6. The standard InChI is InChI=1S/C64H52N6O2/c1-35-27-48-30-55-37(3)49(23-25-59(71)65-33-45-17-15-43-13-11-39-7-5-9-41-19-21-51(45)63(43)61(39)41)57(69-55)32-58-50(38(4)56(70-58)31-54-36(2)28-47(68-54)29-53(35)67-48)24-26-60(72)66-34-46-18-16-44-14-12-40-8-6-10-42-20-22-52(46)64(44)62(40)42/h5-22,27-32,67-68H,23-26,33-34H2,1-4H3,(H,65,71)(H,66,72). The third-order valence-corrected chi connectivity index (χ3v) is 15.5. The third kappa shape index (κ3) is 7.44. The number of fused-ring (bicyclic) bond motifs is 8. The number of carbonyl (C=O) groups is 2. The van der Waals surface area contributed by atoms with E-state index >= 15 is 0 Å². The summed E-state index contributed by atoms with van der Waals surface area (Å²) in [5.41, 5.74) is 15.7. The Morgan fingerprint density at radius 3 is 1.32 bits per heavy atom. The fraction of sp³-hybridized carbons (Fsp3) is 0.156. The Balaban J connectivity index is 0.806. The molecule has 72 heavy (non-hydrogen) atoms. The predicted octanol–water partition coefficient (Wildman–Crippen LogP) is 14.8. The zero-order valence-electron chi connectivity index (χ0n) is 40.8. The number of aryl methyl sites for hydroxylation is 2. The Labute approximate surface area is 416 Å². The third-order valence-electron chi connectivity index (χ3n) is 15.5. The van der Waals surface area contributed by atoms with E-state index in [1.54, 1.807) is 0 Å². The first-order chi connectivity index (χ1) is 35.1. The maximum atomic E-state index is 13.9. The lowest BCUT2D eigenvalue weighted by Crippen LogP contribution is -2.22. The van der Waals surface area contributed by atoms with Crippen LogP contribution in [-0.2, 0) is 22.7 Å². The van der Waals surface area contributed by atoms with Gasteiger partial charge in [0.2, 0.25) is 11.8 Å². The van der Waals surface area contributed by atoms with E-state index in [0.717, 1.165) is 89.4 Å². The van der Waals surface area contributed by atoms with Crippen molar-refractivity contribution in [3.63, 3.8) is 0 Å². The van der Waals surface area contributed by atoms with Gasteiger partial charge in [0.1, 0.15) is 0 Å². The number of nitrogens with zero attached hydrogens (tertiary/aromatic N) is 2. The molecular formula is C64H52N6O2. The maximum absolute atomic E-state index is 13.9. The van der Waals surface area contributed by atoms with Crippen molar-refractivity contribution in [1.29, 1.82) is 0 Å². The van der Waals surface area contributed by atoms with Crippen LogP contribution in [0.2, 0.25) is 0 Å². The average molecular weight is 937 g/mol. The molecule has 2 aliphatic heterocycles. The summed E-state index contributed by atoms with van der Waals surface area (Å²) in [5.74, 6) is -0.0465. The van der Waals surface area contributed by atoms with E-state index in [0.29, 0.717) is 38.8 Å². The van der Waals surface area contributed by atoms with Crippen molar-refractivity contribution >= 4 is 121 Å². The van der Waals surface area contributed by atoms with Gasteiger partial charge in [-0.15, -0.1) is 0 Å². The second kappa shape index (κ2) is 17.1. The molecule has 2 amide bonds. The van der Waals surface area contributed by atoms with Crippen molar-refractivity contribution in [2.45, 2.75) is 66.5 Å². The van der Waals surface area contributed by atoms with Crippen LogP contribution in [0.3, 0.4) is 0 Å². The lowest BCUT2D eigenvalue weighted by Gasteiger charge is -2.14. The van der Waals surface area contributed by atoms with E-state index in [2.05, 4.69) is 194 Å². The lowest BCUT2D eigenvalue weighted by molar-refractivity contribution is -0.121. The van der Waals surface area contributed by atoms with E-state index in [1.165, 1.54) is 64.6 Å². The minimum absolute atomic E-state index is 0.0232. The Morgan fingerprint density at radius 1 is 0.431 bits per heavy atom. The molecule has 0 saturated heterocycles. The first-order valence-corrected chi connectivity index (χ1v) is 25.0. The molecule has 0 saturated carbocycles. The Bertz CT molecular complexity index is 4290. The molecular weight excluding hydrogens is 885 g/mol. The van der Waals surface area contributed by atoms with E-state index in [1.807, 2.05) is 0 Å². The summed E-state index contributed by atoms with van der Waals surface area (Å²) in [4.78, 5) is 45.6. The predicted molar refractivity (Wildman–Crippen MR) is 298 cm³/mol. The molecule has 2 aliphatic rings. The van der Waals surface area contributed by atoms with Crippen LogP contribution >= 0.6 is 0 Å². The number of aromatic nitrogens is 4. The summed E-state index contributed by atoms with van der Waals surface area (Å²) in [6, 6.07) is 51.7. The minimum atomic E-state index is -0.0233. The first-order valence-electron chi connectivity index (χ1n) is 25.0. The van der Waals surface area contributed by atoms with Gasteiger partial charge in [0.25, 0.3) is 0 Å². The summed E-state index contributed by atoms with van der Waals surface area (Å²) in [7, 11) is 0. The number of carbonyl (C=O) groups excluding carboxylic acids is 2. The highest BCUT2D eigenvalue weighted by Crippen LogP contribution is 2.40. The van der Waals surface area contributed by atoms with Gasteiger partial charge in [0.05, 0.1) is 22.8 Å². The number of hydrogen-bond donors (Lipinski definition) is 4. The number of allylic oxidation sites excluding steroid dienone is 4. The Hall–Kier alpha value is -8.62. The fourth-order valence-corrected chi connectivity index (χ4v) is 11.6. The molecule has 8 aromatic carbocycles. The number of nitrogens with one attached hydrogen (secondary N) is 4. The second-order valence-corrected chi connectivity index (χ2v) is 19.9. The van der Waals surface area contributed by atoms with Gasteiger partial charge in [0, 0.05) is 48.0 Å². The van der Waals surface area contributed by atoms with E-state index in [4.69, 9.17) is 9.97 Å². The summed E-state index contributed by atoms with van der Waals surface area (Å²) in [6.45, 7) is 9.29. The molecule has 11 aromatic rings. The molecule has 0 aliphatic carbocycles. The number of hydrogen-bond acceptors (Lipinski definition) is 4. The molecule has 8 heteroatoms. The van der Waals surface area contributed by atoms with Crippen molar-refractivity contribution in [1.82, 2.24) is 30.6 Å². The SMILES string of the molecule is CC1=C(CCC(=O)NCc2ccc3ccc4cccc5ccc2c3c45)c2cc3nc(cc4[nH]c(cc4C)cc4[nH]c(cc1n2)cc4C)C(C)=C3CCC(=O)NCc1ccc2ccc3cccc4ccc1c2c34. The van der Waals surface area contributed by atoms with Gasteiger partial charge < -0.3 is 20.6 Å². The topological polar surface area (TPSA) is 116 Å². The molecule has 8 nitrogen and oxygen atoms in total. The molecule has 13 rings (SSSR count). The number of rotatable bonds is 10. The summed E-state index contributed by atoms with van der Waals surface area (Å²) >= 11 is 0. The highest BCUT2D eigenvalue weighted by atomic mass is 16.2. The van der Waals surface area contributed by atoms with Crippen molar-refractivity contribution in [2.24, 2.45) is 0 Å². The van der Waals surface area contributed by atoms with E-state index in [-0.39, 0.29) is 11.8 Å². The number of aromatic amines is 2. The summed E-state index contributed by atoms with van der Waals surface area (Å²) in [5, 5.41) is 21.2. The van der Waals surface area contributed by atoms with Crippen LogP contribution in [0, 0.1) is 13.8 Å². The molecule has 0 fully saturated rings. The smallest absolute Gasteiger partial charge is 0.220 e. The number of H-pyrrole nitrogens is 2. The van der Waals surface area contributed by atoms with E-state index < -0.39 is 0 Å². The number of benzene rings is 8. The van der Waals surface area contributed by atoms with Crippen molar-refractivity contribution in [3.05, 3.63) is 191 Å². The van der Waals surface area contributed by atoms with Gasteiger partial charge in [0.15, 0.2) is 0 Å². The van der Waals surface area contributed by atoms with E-state index in [9.17, 15) is 9.59 Å². The highest BCUT2D eigenvalue weighted by Gasteiger charge is 2.23. The molecule has 350 valence electrons. The van der Waals surface area contributed by atoms with Crippen LogP contribution < -0.4 is 10.6 Å². The largest absolute Gasteiger partial charge is 0.355 e. The molecule has 0 spiro atoms. The first kappa shape index (κ1) is 43.4. The maximum Gasteiger partial charge on any atom is 0.220 e. The second-order valence-electron chi connectivity index (χ2n) is 19.9. The van der Waals surface area contributed by atoms with Crippen molar-refractivity contribution in [2.75, 3.05) is 0 Å². The molecule has 8 bridgehead atoms. The van der Waals surface area contributed by atoms with Crippen LogP contribution in [0.15, 0.2) is 146 Å². The van der Waals surface area contributed by atoms with Crippen molar-refractivity contribution in [3.8, 4) is 0 Å². The van der Waals surface area contributed by atoms with Gasteiger partial charge in [-0.1, -0.05) is 109 Å². The summed E-state index contributed by atoms with van der Waals surface area (Å²) < 4.78 is 0. The molecule has 0 unspecified atom stereocenters. The van der Waals surface area contributed by atoms with Gasteiger partial charge in [-0.05, 0) is 186 Å². The highest BCUT2D eigenvalue weighted by molar-refractivity contribution is 6.24. The molecule has 0 atom stereocenters. The number of amides is 2. The molecule has 0 radical (unpaired) electrons. The van der Waals surface area contributed by atoms with Crippen LogP contribution in [0.1, 0.15) is 84.6 Å². The van der Waals surface area contributed by atoms with Gasteiger partial charge in [-0.3, -0.25) is 9.59 Å². The average Bonchev–Trinajstić information content (AvgIpc) is 4.10. The van der Waals surface area contributed by atoms with Gasteiger partial charge in [-0.2, -0.15) is 0 Å². The molecule has 3 aromatic heterocycles. The lowest BCUT2D eigenvalue weighted by atomic mass is 9.92. The van der Waals surface area contributed by atoms with Crippen LogP contribution in [0.4, 0.5) is 0 Å². The summed E-state index contributed by atoms with van der Waals surface area (Å²) in [6.07, 6.45) is 1.57. The normalized spacial score (nSPS) is 13.1. The van der Waals surface area contributed by atoms with Crippen LogP contribution in [0.5, 0.6) is 0 Å². The quantitative estimate of drug-likeness (QED) is 0.102. The molecule has 5 heterocycles. The Kier molecular flexibility index (Phi) is 10.3. The monoisotopic (exact) mass is 936 g/mol. The van der Waals surface area contributed by atoms with Crippen LogP contribution in [0.25, 0.3) is 109 Å². The Morgan fingerprint density at radius 2 is 0.833 bits per heavy atom. The van der Waals surface area contributed by atoms with Crippen molar-refractivity contribution < 1.29 is 9.59 Å². The van der Waals surface area contributed by atoms with Crippen LogP contribution in [-0.4, -0.2) is 31.8 Å². The zero-order chi connectivity index (χ0) is 48.8. The molecule has 4 N–H and O–H groups in total. The van der Waals surface area contributed by atoms with Gasteiger partial charge in [-0.25, -0.2) is 9.97 Å².